The van der Waals surface area contributed by atoms with E-state index in [0.29, 0.717) is 17.1 Å². The molecule has 3 amide bonds. The van der Waals surface area contributed by atoms with Crippen LogP contribution in [0.5, 0.6) is 0 Å². The number of hydrogen-bond acceptors (Lipinski definition) is 3. The summed E-state index contributed by atoms with van der Waals surface area (Å²) in [5.41, 5.74) is 2.60. The Morgan fingerprint density at radius 2 is 1.93 bits per heavy atom. The molecular weight excluding hydrogens is 394 g/mol. The Hall–Kier alpha value is -2.18. The molecule has 1 heterocycles. The minimum Gasteiger partial charge on any atom is -0.345 e. The lowest BCUT2D eigenvalue weighted by molar-refractivity contribution is 0.0935. The van der Waals surface area contributed by atoms with Crippen molar-refractivity contribution in [2.24, 2.45) is 0 Å². The molecule has 2 aromatic carbocycles. The Bertz CT molecular complexity index is 855. The summed E-state index contributed by atoms with van der Waals surface area (Å²) < 4.78 is 0. The predicted octanol–water partition coefficient (Wildman–Crippen LogP) is 4.51. The Morgan fingerprint density at radius 3 is 2.64 bits per heavy atom. The average molecular weight is 418 g/mol. The highest BCUT2D eigenvalue weighted by molar-refractivity contribution is 7.99. The van der Waals surface area contributed by atoms with Gasteiger partial charge >= 0.3 is 6.03 Å². The second-order valence-corrected chi connectivity index (χ2v) is 8.60. The fourth-order valence-corrected chi connectivity index (χ4v) is 4.31. The van der Waals surface area contributed by atoms with Crippen molar-refractivity contribution in [3.05, 3.63) is 64.2 Å². The molecule has 1 atom stereocenters. The van der Waals surface area contributed by atoms with Crippen LogP contribution in [0.25, 0.3) is 0 Å². The van der Waals surface area contributed by atoms with Crippen molar-refractivity contribution in [3.8, 4) is 0 Å². The van der Waals surface area contributed by atoms with Crippen molar-refractivity contribution in [2.45, 2.75) is 43.8 Å². The Kier molecular flexibility index (Phi) is 6.86. The molecular formula is C21H24ClN3O2S. The summed E-state index contributed by atoms with van der Waals surface area (Å²) in [6, 6.07) is 12.9. The van der Waals surface area contributed by atoms with Gasteiger partial charge in [-0.1, -0.05) is 23.7 Å². The van der Waals surface area contributed by atoms with Crippen LogP contribution in [0.3, 0.4) is 0 Å². The van der Waals surface area contributed by atoms with E-state index in [-0.39, 0.29) is 24.0 Å². The van der Waals surface area contributed by atoms with Gasteiger partial charge in [0.25, 0.3) is 5.91 Å². The number of benzene rings is 2. The van der Waals surface area contributed by atoms with Crippen LogP contribution in [-0.2, 0) is 6.54 Å². The molecule has 3 N–H and O–H groups in total. The lowest BCUT2D eigenvalue weighted by Crippen LogP contribution is -2.39. The normalized spacial score (nSPS) is 15.6. The summed E-state index contributed by atoms with van der Waals surface area (Å²) in [7, 11) is 0. The van der Waals surface area contributed by atoms with E-state index in [1.807, 2.05) is 44.2 Å². The van der Waals surface area contributed by atoms with Crippen molar-refractivity contribution in [2.75, 3.05) is 5.75 Å². The van der Waals surface area contributed by atoms with Gasteiger partial charge in [-0.15, -0.1) is 11.8 Å². The van der Waals surface area contributed by atoms with E-state index in [1.165, 1.54) is 4.90 Å². The van der Waals surface area contributed by atoms with Gasteiger partial charge in [-0.2, -0.15) is 0 Å². The largest absolute Gasteiger partial charge is 0.345 e. The minimum atomic E-state index is -0.204. The van der Waals surface area contributed by atoms with Crippen molar-refractivity contribution in [1.29, 1.82) is 0 Å². The fraction of sp³-hybridized carbons (Fsp3) is 0.333. The van der Waals surface area contributed by atoms with Gasteiger partial charge in [-0.3, -0.25) is 4.79 Å². The van der Waals surface area contributed by atoms with Gasteiger partial charge in [-0.25, -0.2) is 4.79 Å². The Labute approximate surface area is 174 Å². The van der Waals surface area contributed by atoms with E-state index in [0.717, 1.165) is 23.3 Å². The molecule has 2 aromatic rings. The zero-order valence-corrected chi connectivity index (χ0v) is 17.5. The highest BCUT2D eigenvalue weighted by Crippen LogP contribution is 2.37. The summed E-state index contributed by atoms with van der Waals surface area (Å²) in [6.07, 6.45) is 0.872. The van der Waals surface area contributed by atoms with Crippen molar-refractivity contribution in [3.63, 3.8) is 0 Å². The monoisotopic (exact) mass is 417 g/mol. The van der Waals surface area contributed by atoms with Gasteiger partial charge in [0.05, 0.1) is 6.04 Å². The van der Waals surface area contributed by atoms with Crippen molar-refractivity contribution in [1.82, 2.24) is 16.0 Å². The van der Waals surface area contributed by atoms with Crippen molar-refractivity contribution < 1.29 is 9.59 Å². The molecule has 0 bridgehead atoms. The first-order valence-corrected chi connectivity index (χ1v) is 10.6. The topological polar surface area (TPSA) is 70.2 Å². The SMILES string of the molecule is CC(C)NC(=O)NCc1ccc(C(=O)NC2CCSc3ccc(Cl)cc32)cc1. The minimum absolute atomic E-state index is 0.0384. The highest BCUT2D eigenvalue weighted by Gasteiger charge is 2.23. The number of carbonyl (C=O) groups excluding carboxylic acids is 2. The fourth-order valence-electron chi connectivity index (χ4n) is 3.03. The molecule has 1 aliphatic heterocycles. The molecule has 1 unspecified atom stereocenters. The third kappa shape index (κ3) is 5.42. The molecule has 0 aliphatic carbocycles. The molecule has 3 rings (SSSR count). The average Bonchev–Trinajstić information content (AvgIpc) is 2.66. The van der Waals surface area contributed by atoms with Crippen LogP contribution >= 0.6 is 23.4 Å². The van der Waals surface area contributed by atoms with Crippen LogP contribution in [0.4, 0.5) is 4.79 Å². The van der Waals surface area contributed by atoms with Crippen molar-refractivity contribution >= 4 is 35.3 Å². The van der Waals surface area contributed by atoms with E-state index in [9.17, 15) is 9.59 Å². The molecule has 0 saturated heterocycles. The van der Waals surface area contributed by atoms with Crippen LogP contribution in [0.2, 0.25) is 5.02 Å². The molecule has 0 saturated carbocycles. The first-order chi connectivity index (χ1) is 13.4. The van der Waals surface area contributed by atoms with Gasteiger partial charge in [-0.05, 0) is 61.7 Å². The maximum atomic E-state index is 12.7. The smallest absolute Gasteiger partial charge is 0.315 e. The number of nitrogens with one attached hydrogen (secondary N) is 3. The molecule has 0 aromatic heterocycles. The quantitative estimate of drug-likeness (QED) is 0.670. The number of halogens is 1. The molecule has 1 aliphatic rings. The summed E-state index contributed by atoms with van der Waals surface area (Å²) in [6.45, 7) is 4.22. The summed E-state index contributed by atoms with van der Waals surface area (Å²) >= 11 is 7.92. The van der Waals surface area contributed by atoms with Crippen LogP contribution in [-0.4, -0.2) is 23.7 Å². The summed E-state index contributed by atoms with van der Waals surface area (Å²) in [5, 5.41) is 9.37. The van der Waals surface area contributed by atoms with Gasteiger partial charge in [0, 0.05) is 33.8 Å². The zero-order chi connectivity index (χ0) is 20.1. The number of urea groups is 1. The third-order valence-corrected chi connectivity index (χ3v) is 5.76. The summed E-state index contributed by atoms with van der Waals surface area (Å²) in [5.74, 6) is 0.850. The van der Waals surface area contributed by atoms with E-state index in [4.69, 9.17) is 11.6 Å². The molecule has 0 radical (unpaired) electrons. The number of hydrogen-bond donors (Lipinski definition) is 3. The molecule has 5 nitrogen and oxygen atoms in total. The maximum Gasteiger partial charge on any atom is 0.315 e. The van der Waals surface area contributed by atoms with E-state index in [1.54, 1.807) is 23.9 Å². The Morgan fingerprint density at radius 1 is 1.18 bits per heavy atom. The van der Waals surface area contributed by atoms with E-state index in [2.05, 4.69) is 16.0 Å². The van der Waals surface area contributed by atoms with Gasteiger partial charge in [0.1, 0.15) is 0 Å². The lowest BCUT2D eigenvalue weighted by Gasteiger charge is -2.26. The lowest BCUT2D eigenvalue weighted by atomic mass is 10.0. The Balaban J connectivity index is 1.60. The molecule has 7 heteroatoms. The number of amides is 3. The second kappa shape index (κ2) is 9.34. The van der Waals surface area contributed by atoms with Gasteiger partial charge < -0.3 is 16.0 Å². The van der Waals surface area contributed by atoms with E-state index < -0.39 is 0 Å². The first kappa shape index (κ1) is 20.6. The molecule has 28 heavy (non-hydrogen) atoms. The number of carbonyl (C=O) groups is 2. The molecule has 0 fully saturated rings. The maximum absolute atomic E-state index is 12.7. The number of fused-ring (bicyclic) bond motifs is 1. The third-order valence-electron chi connectivity index (χ3n) is 4.41. The highest BCUT2D eigenvalue weighted by atomic mass is 35.5. The van der Waals surface area contributed by atoms with Gasteiger partial charge in [0.2, 0.25) is 0 Å². The van der Waals surface area contributed by atoms with Crippen LogP contribution in [0.15, 0.2) is 47.4 Å². The second-order valence-electron chi connectivity index (χ2n) is 7.02. The van der Waals surface area contributed by atoms with Crippen LogP contribution < -0.4 is 16.0 Å². The number of rotatable bonds is 5. The predicted molar refractivity (Wildman–Crippen MR) is 114 cm³/mol. The van der Waals surface area contributed by atoms with Crippen LogP contribution in [0.1, 0.15) is 47.8 Å². The first-order valence-electron chi connectivity index (χ1n) is 9.29. The molecule has 148 valence electrons. The zero-order valence-electron chi connectivity index (χ0n) is 15.9. The van der Waals surface area contributed by atoms with E-state index >= 15 is 0 Å². The standard InChI is InChI=1S/C21H24ClN3O2S/c1-13(2)24-21(27)23-12-14-3-5-15(6-4-14)20(26)25-18-9-10-28-19-8-7-16(22)11-17(18)19/h3-8,11,13,18H,9-10,12H2,1-2H3,(H,25,26)(H2,23,24,27). The van der Waals surface area contributed by atoms with Gasteiger partial charge in [0.15, 0.2) is 0 Å². The number of thioether (sulfide) groups is 1. The van der Waals surface area contributed by atoms with Crippen LogP contribution in [0, 0.1) is 0 Å². The summed E-state index contributed by atoms with van der Waals surface area (Å²) in [4.78, 5) is 25.5. The molecule has 0 spiro atoms.